The highest BCUT2D eigenvalue weighted by Crippen LogP contribution is 2.17. The van der Waals surface area contributed by atoms with E-state index in [0.29, 0.717) is 13.0 Å². The van der Waals surface area contributed by atoms with Gasteiger partial charge in [-0.25, -0.2) is 0 Å². The summed E-state index contributed by atoms with van der Waals surface area (Å²) < 4.78 is 17.0. The Hall–Kier alpha value is -0.640. The third kappa shape index (κ3) is 4.16. The molecular weight excluding hydrogens is 197 g/mol. The number of nitrogens with zero attached hydrogens (tertiary/aromatic N) is 1. The highest BCUT2D eigenvalue weighted by molar-refractivity contribution is 5.72. The van der Waals surface area contributed by atoms with Crippen LogP contribution in [0.5, 0.6) is 0 Å². The lowest BCUT2D eigenvalue weighted by Crippen LogP contribution is -2.39. The quantitative estimate of drug-likeness (QED) is 0.655. The van der Waals surface area contributed by atoms with E-state index >= 15 is 0 Å². The Morgan fingerprint density at radius 1 is 1.60 bits per heavy atom. The molecule has 0 saturated carbocycles. The van der Waals surface area contributed by atoms with Crippen LogP contribution in [-0.2, 0) is 9.53 Å². The van der Waals surface area contributed by atoms with Gasteiger partial charge in [0, 0.05) is 13.1 Å². The van der Waals surface area contributed by atoms with Gasteiger partial charge in [-0.3, -0.25) is 9.18 Å². The van der Waals surface area contributed by atoms with Crippen LogP contribution in [0, 0.1) is 5.92 Å². The Labute approximate surface area is 90.6 Å². The Bertz CT molecular complexity index is 199. The lowest BCUT2D eigenvalue weighted by molar-refractivity contribution is -0.149. The van der Waals surface area contributed by atoms with Gasteiger partial charge in [0.15, 0.2) is 0 Å². The van der Waals surface area contributed by atoms with Crippen LogP contribution in [0.1, 0.15) is 26.2 Å². The molecule has 0 aliphatic carbocycles. The largest absolute Gasteiger partial charge is 0.466 e. The zero-order valence-electron chi connectivity index (χ0n) is 9.38. The normalized spacial score (nSPS) is 22.7. The van der Waals surface area contributed by atoms with Crippen molar-refractivity contribution < 1.29 is 13.9 Å². The van der Waals surface area contributed by atoms with Crippen molar-refractivity contribution in [1.29, 1.82) is 0 Å². The van der Waals surface area contributed by atoms with E-state index in [2.05, 4.69) is 4.90 Å². The molecule has 15 heavy (non-hydrogen) atoms. The van der Waals surface area contributed by atoms with Crippen molar-refractivity contribution in [3.05, 3.63) is 0 Å². The van der Waals surface area contributed by atoms with Crippen LogP contribution < -0.4 is 0 Å². The predicted molar refractivity (Wildman–Crippen MR) is 56.4 cm³/mol. The molecule has 1 rings (SSSR count). The number of carbonyl (C=O) groups is 1. The second-order valence-corrected chi connectivity index (χ2v) is 3.93. The first-order valence-electron chi connectivity index (χ1n) is 5.73. The number of halogens is 1. The number of carbonyl (C=O) groups excluding carboxylic acids is 1. The molecule has 3 nitrogen and oxygen atoms in total. The van der Waals surface area contributed by atoms with Gasteiger partial charge in [-0.05, 0) is 32.7 Å². The van der Waals surface area contributed by atoms with Crippen LogP contribution in [0.25, 0.3) is 0 Å². The van der Waals surface area contributed by atoms with Crippen LogP contribution >= 0.6 is 0 Å². The van der Waals surface area contributed by atoms with Crippen LogP contribution in [0.2, 0.25) is 0 Å². The molecule has 0 aromatic rings. The maximum absolute atomic E-state index is 12.0. The number of hydrogen-bond donors (Lipinski definition) is 0. The Morgan fingerprint density at radius 3 is 3.07 bits per heavy atom. The van der Waals surface area contributed by atoms with Gasteiger partial charge in [0.05, 0.1) is 19.2 Å². The third-order valence-electron chi connectivity index (χ3n) is 2.73. The average molecular weight is 217 g/mol. The number of rotatable bonds is 5. The highest BCUT2D eigenvalue weighted by Gasteiger charge is 2.26. The standard InChI is InChI=1S/C11H20FNO2/c1-2-15-11(14)10-5-3-7-13(9-10)8-4-6-12/h10H,2-9H2,1H3/t10-/m0/s1. The fraction of sp³-hybridized carbons (Fsp3) is 0.909. The Kier molecular flexibility index (Phi) is 5.61. The zero-order chi connectivity index (χ0) is 11.1. The molecule has 0 aromatic carbocycles. The molecule has 1 fully saturated rings. The molecule has 0 spiro atoms. The SMILES string of the molecule is CCOC(=O)[C@H]1CCCN(CCCF)C1. The maximum atomic E-state index is 12.0. The molecule has 0 unspecified atom stereocenters. The minimum atomic E-state index is -0.277. The molecule has 1 saturated heterocycles. The highest BCUT2D eigenvalue weighted by atomic mass is 19.1. The number of alkyl halides is 1. The van der Waals surface area contributed by atoms with Gasteiger partial charge in [-0.1, -0.05) is 0 Å². The lowest BCUT2D eigenvalue weighted by Gasteiger charge is -2.31. The second kappa shape index (κ2) is 6.77. The van der Waals surface area contributed by atoms with Gasteiger partial charge < -0.3 is 9.64 Å². The number of esters is 1. The van der Waals surface area contributed by atoms with Gasteiger partial charge in [0.2, 0.25) is 0 Å². The molecule has 1 aliphatic rings. The van der Waals surface area contributed by atoms with Gasteiger partial charge >= 0.3 is 5.97 Å². The third-order valence-corrected chi connectivity index (χ3v) is 2.73. The minimum Gasteiger partial charge on any atom is -0.466 e. The average Bonchev–Trinajstić information content (AvgIpc) is 2.27. The van der Waals surface area contributed by atoms with Crippen molar-refractivity contribution in [2.24, 2.45) is 5.92 Å². The smallest absolute Gasteiger partial charge is 0.310 e. The molecule has 1 atom stereocenters. The van der Waals surface area contributed by atoms with E-state index in [9.17, 15) is 9.18 Å². The van der Waals surface area contributed by atoms with E-state index in [0.717, 1.165) is 32.5 Å². The predicted octanol–water partition coefficient (Wildman–Crippen LogP) is 1.62. The van der Waals surface area contributed by atoms with E-state index in [1.807, 2.05) is 6.92 Å². The van der Waals surface area contributed by atoms with E-state index in [1.165, 1.54) is 0 Å². The van der Waals surface area contributed by atoms with Crippen molar-refractivity contribution in [1.82, 2.24) is 4.90 Å². The molecule has 88 valence electrons. The Morgan fingerprint density at radius 2 is 2.40 bits per heavy atom. The number of likely N-dealkylation sites (tertiary alicyclic amines) is 1. The van der Waals surface area contributed by atoms with Crippen molar-refractivity contribution in [2.75, 3.05) is 32.9 Å². The van der Waals surface area contributed by atoms with Crippen molar-refractivity contribution >= 4 is 5.97 Å². The summed E-state index contributed by atoms with van der Waals surface area (Å²) in [6.07, 6.45) is 2.48. The van der Waals surface area contributed by atoms with Crippen molar-refractivity contribution in [3.63, 3.8) is 0 Å². The summed E-state index contributed by atoms with van der Waals surface area (Å²) in [6, 6.07) is 0. The zero-order valence-corrected chi connectivity index (χ0v) is 9.38. The van der Waals surface area contributed by atoms with Gasteiger partial charge in [0.1, 0.15) is 0 Å². The van der Waals surface area contributed by atoms with E-state index < -0.39 is 0 Å². The van der Waals surface area contributed by atoms with Gasteiger partial charge in [-0.15, -0.1) is 0 Å². The fourth-order valence-corrected chi connectivity index (χ4v) is 1.99. The second-order valence-electron chi connectivity index (χ2n) is 3.93. The van der Waals surface area contributed by atoms with Crippen LogP contribution in [0.3, 0.4) is 0 Å². The number of ether oxygens (including phenoxy) is 1. The summed E-state index contributed by atoms with van der Waals surface area (Å²) in [4.78, 5) is 13.7. The minimum absolute atomic E-state index is 0.00156. The number of hydrogen-bond acceptors (Lipinski definition) is 3. The fourth-order valence-electron chi connectivity index (χ4n) is 1.99. The van der Waals surface area contributed by atoms with Crippen molar-refractivity contribution in [3.8, 4) is 0 Å². The molecule has 0 N–H and O–H groups in total. The first kappa shape index (κ1) is 12.4. The van der Waals surface area contributed by atoms with Gasteiger partial charge in [0.25, 0.3) is 0 Å². The first-order chi connectivity index (χ1) is 7.27. The molecule has 0 aromatic heterocycles. The molecule has 0 bridgehead atoms. The monoisotopic (exact) mass is 217 g/mol. The van der Waals surface area contributed by atoms with Crippen LogP contribution in [0.15, 0.2) is 0 Å². The topological polar surface area (TPSA) is 29.5 Å². The summed E-state index contributed by atoms with van der Waals surface area (Å²) in [5.41, 5.74) is 0. The van der Waals surface area contributed by atoms with Crippen molar-refractivity contribution in [2.45, 2.75) is 26.2 Å². The lowest BCUT2D eigenvalue weighted by atomic mass is 9.98. The summed E-state index contributed by atoms with van der Waals surface area (Å²) in [5, 5.41) is 0. The summed E-state index contributed by atoms with van der Waals surface area (Å²) in [7, 11) is 0. The molecule has 0 amide bonds. The van der Waals surface area contributed by atoms with E-state index in [-0.39, 0.29) is 18.6 Å². The van der Waals surface area contributed by atoms with E-state index in [4.69, 9.17) is 4.74 Å². The first-order valence-corrected chi connectivity index (χ1v) is 5.73. The van der Waals surface area contributed by atoms with E-state index in [1.54, 1.807) is 0 Å². The molecule has 1 heterocycles. The molecule has 4 heteroatoms. The Balaban J connectivity index is 2.31. The molecule has 1 aliphatic heterocycles. The molecule has 0 radical (unpaired) electrons. The van der Waals surface area contributed by atoms with Crippen LogP contribution in [0.4, 0.5) is 4.39 Å². The maximum Gasteiger partial charge on any atom is 0.310 e. The van der Waals surface area contributed by atoms with Crippen LogP contribution in [-0.4, -0.2) is 43.8 Å². The number of piperidine rings is 1. The summed E-state index contributed by atoms with van der Waals surface area (Å²) in [5.74, 6) is -0.0965. The summed E-state index contributed by atoms with van der Waals surface area (Å²) in [6.45, 7) is 4.46. The van der Waals surface area contributed by atoms with Gasteiger partial charge in [-0.2, -0.15) is 0 Å². The molecular formula is C11H20FNO2. The summed E-state index contributed by atoms with van der Waals surface area (Å²) >= 11 is 0.